The fourth-order valence-electron chi connectivity index (χ4n) is 8.53. The summed E-state index contributed by atoms with van der Waals surface area (Å²) in [7, 11) is 0. The lowest BCUT2D eigenvalue weighted by molar-refractivity contribution is -0.143. The molecule has 0 bridgehead atoms. The summed E-state index contributed by atoms with van der Waals surface area (Å²) < 4.78 is 4.99. The average molecular weight is 761 g/mol. The molecule has 0 radical (unpaired) electrons. The molecule has 2 heteroatoms. The van der Waals surface area contributed by atoms with E-state index >= 15 is 0 Å². The van der Waals surface area contributed by atoms with E-state index in [1.54, 1.807) is 0 Å². The smallest absolute Gasteiger partial charge is 0.305 e. The van der Waals surface area contributed by atoms with Crippen LogP contribution in [0.15, 0.2) is 0 Å². The third kappa shape index (κ3) is 49.5. The molecule has 0 aliphatic rings. The fourth-order valence-corrected chi connectivity index (χ4v) is 8.53. The van der Waals surface area contributed by atoms with E-state index in [4.69, 9.17) is 4.74 Å². The number of carbonyl (C=O) groups excluding carboxylic acids is 1. The van der Waals surface area contributed by atoms with Gasteiger partial charge in [-0.2, -0.15) is 0 Å². The number of esters is 1. The molecule has 0 aromatic rings. The normalized spacial score (nSPS) is 11.5. The van der Waals surface area contributed by atoms with E-state index in [2.05, 4.69) is 6.92 Å². The number of hydrogen-bond acceptors (Lipinski definition) is 2. The largest absolute Gasteiger partial charge is 0.466 e. The van der Waals surface area contributed by atoms with Gasteiger partial charge in [-0.25, -0.2) is 0 Å². The Labute approximate surface area is 343 Å². The van der Waals surface area contributed by atoms with Crippen LogP contribution in [0.3, 0.4) is 0 Å². The summed E-state index contributed by atoms with van der Waals surface area (Å²) in [6.07, 6.45) is 68.7. The highest BCUT2D eigenvalue weighted by atomic mass is 16.5. The molecular weight excluding hydrogens is 657 g/mol. The van der Waals surface area contributed by atoms with Crippen LogP contribution in [0.5, 0.6) is 0 Å². The van der Waals surface area contributed by atoms with Crippen LogP contribution >= 0.6 is 0 Å². The van der Waals surface area contributed by atoms with Gasteiger partial charge in [0.15, 0.2) is 0 Å². The summed E-state index contributed by atoms with van der Waals surface area (Å²) >= 11 is 0. The second-order valence-electron chi connectivity index (χ2n) is 17.8. The molecule has 0 aliphatic carbocycles. The first-order valence-corrected chi connectivity index (χ1v) is 26.0. The van der Waals surface area contributed by atoms with Crippen molar-refractivity contribution >= 4 is 5.97 Å². The number of rotatable bonds is 49. The van der Waals surface area contributed by atoms with Crippen molar-refractivity contribution in [1.82, 2.24) is 0 Å². The van der Waals surface area contributed by atoms with Crippen LogP contribution in [0.4, 0.5) is 0 Å². The minimum atomic E-state index is -0.0233. The van der Waals surface area contributed by atoms with Crippen LogP contribution in [0.25, 0.3) is 0 Å². The Morgan fingerprint density at radius 3 is 0.537 bits per heavy atom. The Balaban J connectivity index is 3.06. The Morgan fingerprint density at radius 2 is 0.389 bits per heavy atom. The fraction of sp³-hybridized carbons (Fsp3) is 0.981. The molecule has 0 atom stereocenters. The second-order valence-corrected chi connectivity index (χ2v) is 17.8. The zero-order valence-electron chi connectivity index (χ0n) is 38.0. The van der Waals surface area contributed by atoms with Gasteiger partial charge in [-0.15, -0.1) is 0 Å². The zero-order valence-corrected chi connectivity index (χ0v) is 38.0. The highest BCUT2D eigenvalue weighted by Gasteiger charge is 2.01. The molecule has 0 unspecified atom stereocenters. The SMILES string of the molecule is CCCCCCCCCCCCCCCCCCCCCCCCCCCCCCCCCCCCCCCCCCCCCCCCCC(=O)OCC. The Bertz CT molecular complexity index is 659. The maximum absolute atomic E-state index is 11.3. The summed E-state index contributed by atoms with van der Waals surface area (Å²) in [4.78, 5) is 11.3. The van der Waals surface area contributed by atoms with Crippen LogP contribution in [-0.4, -0.2) is 12.6 Å². The van der Waals surface area contributed by atoms with E-state index in [0.717, 1.165) is 6.42 Å². The molecule has 0 fully saturated rings. The molecule has 0 spiro atoms. The van der Waals surface area contributed by atoms with Crippen LogP contribution in [0, 0.1) is 0 Å². The molecule has 0 heterocycles. The van der Waals surface area contributed by atoms with E-state index in [-0.39, 0.29) is 5.97 Å². The topological polar surface area (TPSA) is 26.3 Å². The molecule has 2 nitrogen and oxygen atoms in total. The molecule has 0 saturated heterocycles. The minimum absolute atomic E-state index is 0.0233. The molecule has 0 aliphatic heterocycles. The molecule has 0 aromatic carbocycles. The number of carbonyl (C=O) groups is 1. The third-order valence-electron chi connectivity index (χ3n) is 12.3. The predicted octanol–water partition coefficient (Wildman–Crippen LogP) is 19.3. The van der Waals surface area contributed by atoms with Crippen molar-refractivity contribution in [3.8, 4) is 0 Å². The maximum atomic E-state index is 11.3. The second kappa shape index (κ2) is 50.5. The van der Waals surface area contributed by atoms with E-state index in [1.807, 2.05) is 6.92 Å². The first-order chi connectivity index (χ1) is 26.8. The monoisotopic (exact) mass is 761 g/mol. The van der Waals surface area contributed by atoms with Crippen molar-refractivity contribution in [2.45, 2.75) is 322 Å². The molecule has 54 heavy (non-hydrogen) atoms. The molecule has 0 amide bonds. The predicted molar refractivity (Wildman–Crippen MR) is 244 cm³/mol. The highest BCUT2D eigenvalue weighted by molar-refractivity contribution is 5.69. The summed E-state index contributed by atoms with van der Waals surface area (Å²) in [5, 5.41) is 0. The lowest BCUT2D eigenvalue weighted by atomic mass is 10.0. The van der Waals surface area contributed by atoms with Crippen LogP contribution in [-0.2, 0) is 9.53 Å². The lowest BCUT2D eigenvalue weighted by Crippen LogP contribution is -2.03. The van der Waals surface area contributed by atoms with E-state index in [1.165, 1.54) is 295 Å². The van der Waals surface area contributed by atoms with Crippen LogP contribution in [0.1, 0.15) is 322 Å². The van der Waals surface area contributed by atoms with Crippen molar-refractivity contribution < 1.29 is 9.53 Å². The van der Waals surface area contributed by atoms with Gasteiger partial charge in [0.2, 0.25) is 0 Å². The summed E-state index contributed by atoms with van der Waals surface area (Å²) in [6, 6.07) is 0. The number of unbranched alkanes of at least 4 members (excludes halogenated alkanes) is 46. The van der Waals surface area contributed by atoms with E-state index in [9.17, 15) is 4.79 Å². The number of hydrogen-bond donors (Lipinski definition) is 0. The van der Waals surface area contributed by atoms with Gasteiger partial charge in [-0.05, 0) is 13.3 Å². The molecule has 0 rings (SSSR count). The van der Waals surface area contributed by atoms with Gasteiger partial charge in [-0.1, -0.05) is 302 Å². The molecular formula is C52H104O2. The van der Waals surface area contributed by atoms with Crippen LogP contribution in [0.2, 0.25) is 0 Å². The van der Waals surface area contributed by atoms with Gasteiger partial charge >= 0.3 is 5.97 Å². The standard InChI is InChI=1S/C52H104O2/c1-3-5-6-7-8-9-10-11-12-13-14-15-16-17-18-19-20-21-22-23-24-25-26-27-28-29-30-31-32-33-34-35-36-37-38-39-40-41-42-43-44-45-46-47-48-49-50-51-52(53)54-4-2/h3-51H2,1-2H3. The van der Waals surface area contributed by atoms with Gasteiger partial charge in [0.1, 0.15) is 0 Å². The molecule has 324 valence electrons. The van der Waals surface area contributed by atoms with Crippen LogP contribution < -0.4 is 0 Å². The molecule has 0 saturated carbocycles. The van der Waals surface area contributed by atoms with Gasteiger partial charge in [0.25, 0.3) is 0 Å². The summed E-state index contributed by atoms with van der Waals surface area (Å²) in [5.41, 5.74) is 0. The Morgan fingerprint density at radius 1 is 0.241 bits per heavy atom. The first-order valence-electron chi connectivity index (χ1n) is 26.0. The van der Waals surface area contributed by atoms with Crippen molar-refractivity contribution in [3.05, 3.63) is 0 Å². The van der Waals surface area contributed by atoms with Gasteiger partial charge < -0.3 is 4.74 Å². The van der Waals surface area contributed by atoms with E-state index in [0.29, 0.717) is 13.0 Å². The van der Waals surface area contributed by atoms with Crippen molar-refractivity contribution in [1.29, 1.82) is 0 Å². The van der Waals surface area contributed by atoms with E-state index < -0.39 is 0 Å². The lowest BCUT2D eigenvalue weighted by Gasteiger charge is -2.05. The number of ether oxygens (including phenoxy) is 1. The first kappa shape index (κ1) is 53.5. The Kier molecular flexibility index (Phi) is 50.0. The van der Waals surface area contributed by atoms with Gasteiger partial charge in [-0.3, -0.25) is 4.79 Å². The van der Waals surface area contributed by atoms with Crippen molar-refractivity contribution in [2.75, 3.05) is 6.61 Å². The minimum Gasteiger partial charge on any atom is -0.466 e. The molecule has 0 aromatic heterocycles. The van der Waals surface area contributed by atoms with Gasteiger partial charge in [0, 0.05) is 6.42 Å². The summed E-state index contributed by atoms with van der Waals surface area (Å²) in [5.74, 6) is -0.0233. The van der Waals surface area contributed by atoms with Crippen molar-refractivity contribution in [2.24, 2.45) is 0 Å². The average Bonchev–Trinajstić information content (AvgIpc) is 3.17. The third-order valence-corrected chi connectivity index (χ3v) is 12.3. The zero-order chi connectivity index (χ0) is 38.9. The van der Waals surface area contributed by atoms with Crippen molar-refractivity contribution in [3.63, 3.8) is 0 Å². The maximum Gasteiger partial charge on any atom is 0.305 e. The summed E-state index contributed by atoms with van der Waals surface area (Å²) in [6.45, 7) is 4.70. The molecule has 0 N–H and O–H groups in total. The Hall–Kier alpha value is -0.530. The quantitative estimate of drug-likeness (QED) is 0.0456. The highest BCUT2D eigenvalue weighted by Crippen LogP contribution is 2.18. The van der Waals surface area contributed by atoms with Gasteiger partial charge in [0.05, 0.1) is 6.61 Å².